The average molecular weight is 571 g/mol. The van der Waals surface area contributed by atoms with Gasteiger partial charge >= 0.3 is 13.3 Å². The van der Waals surface area contributed by atoms with Gasteiger partial charge in [0.05, 0.1) is 9.60 Å². The molecule has 0 unspecified atom stereocenters. The van der Waals surface area contributed by atoms with Crippen molar-refractivity contribution in [2.24, 2.45) is 10.9 Å². The number of thiophene rings is 1. The molecule has 0 aliphatic heterocycles. The number of alkyl halides is 2. The maximum absolute atomic E-state index is 14.4. The number of primary sulfonamides is 1. The van der Waals surface area contributed by atoms with Gasteiger partial charge in [0, 0.05) is 15.4 Å². The molecule has 0 saturated heterocycles. The van der Waals surface area contributed by atoms with Crippen LogP contribution < -0.4 is 15.6 Å². The van der Waals surface area contributed by atoms with Crippen LogP contribution in [0.5, 0.6) is 5.75 Å². The van der Waals surface area contributed by atoms with Gasteiger partial charge in [-0.15, -0.1) is 11.3 Å². The van der Waals surface area contributed by atoms with Crippen LogP contribution in [0, 0.1) is 0 Å². The first kappa shape index (κ1) is 24.7. The number of halogens is 3. The lowest BCUT2D eigenvalue weighted by Crippen LogP contribution is -2.12. The number of carbonyl (C=O) groups is 1. The highest BCUT2D eigenvalue weighted by Gasteiger charge is 2.53. The molecule has 32 heavy (non-hydrogen) atoms. The quantitative estimate of drug-likeness (QED) is 0.316. The molecule has 0 aliphatic rings. The minimum atomic E-state index is -5.85. The molecule has 15 heteroatoms. The van der Waals surface area contributed by atoms with Crippen molar-refractivity contribution in [1.29, 1.82) is 0 Å². The minimum absolute atomic E-state index is 0.0368. The Morgan fingerprint density at radius 2 is 1.81 bits per heavy atom. The van der Waals surface area contributed by atoms with Crippen LogP contribution in [0.1, 0.15) is 20.8 Å². The van der Waals surface area contributed by atoms with E-state index in [-0.39, 0.29) is 37.4 Å². The van der Waals surface area contributed by atoms with E-state index in [1.807, 2.05) is 0 Å². The van der Waals surface area contributed by atoms with Gasteiger partial charge in [0.15, 0.2) is 0 Å². The summed E-state index contributed by atoms with van der Waals surface area (Å²) in [6, 6.07) is 7.77. The van der Waals surface area contributed by atoms with Gasteiger partial charge in [0.2, 0.25) is 15.9 Å². The van der Waals surface area contributed by atoms with Crippen LogP contribution >= 0.6 is 34.9 Å². The third-order valence-electron chi connectivity index (χ3n) is 4.26. The first-order valence-electron chi connectivity index (χ1n) is 8.37. The zero-order valence-electron chi connectivity index (χ0n) is 15.7. The highest BCUT2D eigenvalue weighted by Crippen LogP contribution is 2.63. The highest BCUT2D eigenvalue weighted by molar-refractivity contribution is 9.10. The van der Waals surface area contributed by atoms with Gasteiger partial charge in [-0.3, -0.25) is 9.36 Å². The summed E-state index contributed by atoms with van der Waals surface area (Å²) in [7, 11) is -9.73. The Morgan fingerprint density at radius 3 is 2.31 bits per heavy atom. The molecular formula is C17H14BrF2N2O7PS2. The summed E-state index contributed by atoms with van der Waals surface area (Å²) in [6.07, 6.45) is 0. The first-order chi connectivity index (χ1) is 14.6. The Hall–Kier alpha value is -1.93. The molecule has 9 nitrogen and oxygen atoms in total. The number of hydrogen-bond donors (Lipinski definition) is 4. The van der Waals surface area contributed by atoms with Crippen LogP contribution in [0.15, 0.2) is 45.8 Å². The second kappa shape index (κ2) is 8.45. The van der Waals surface area contributed by atoms with Gasteiger partial charge in [-0.05, 0) is 45.8 Å². The van der Waals surface area contributed by atoms with Crippen molar-refractivity contribution >= 4 is 60.9 Å². The zero-order chi connectivity index (χ0) is 24.1. The maximum Gasteiger partial charge on any atom is 0.400 e. The summed E-state index contributed by atoms with van der Waals surface area (Å²) < 4.78 is 68.2. The molecule has 3 rings (SSSR count). The molecule has 1 amide bonds. The van der Waals surface area contributed by atoms with E-state index >= 15 is 0 Å². The molecule has 2 aromatic carbocycles. The van der Waals surface area contributed by atoms with Gasteiger partial charge in [0.1, 0.15) is 17.2 Å². The van der Waals surface area contributed by atoms with Crippen molar-refractivity contribution in [3.63, 3.8) is 0 Å². The number of sulfonamides is 1. The van der Waals surface area contributed by atoms with Gasteiger partial charge in [-0.1, -0.05) is 12.1 Å². The summed E-state index contributed by atoms with van der Waals surface area (Å²) in [5.41, 5.74) is 1.23. The number of rotatable bonds is 7. The predicted octanol–water partition coefficient (Wildman–Crippen LogP) is 3.22. The lowest BCUT2D eigenvalue weighted by Gasteiger charge is -2.16. The third kappa shape index (κ3) is 4.71. The second-order valence-electron chi connectivity index (χ2n) is 6.52. The number of nitrogens with two attached hydrogens (primary N) is 2. The molecule has 0 saturated carbocycles. The van der Waals surface area contributed by atoms with Crippen LogP contribution in [-0.2, 0) is 26.9 Å². The fourth-order valence-corrected chi connectivity index (χ4v) is 6.14. The van der Waals surface area contributed by atoms with Crippen molar-refractivity contribution in [3.05, 3.63) is 56.9 Å². The number of hydrogen-bond acceptors (Lipinski definition) is 6. The standard InChI is InChI=1S/C17H14BrF2N2O7PS2/c18-13-11-5-9(16(21)23)6-12(14(11)31-15(13)17(19,20)30(24,25)26)29-7-8-1-3-10(4-2-8)32(22,27)28/h1-6H,7H2,(H2,21,23)(H2,22,27,28)(H2,24,25,26). The van der Waals surface area contributed by atoms with E-state index in [0.29, 0.717) is 16.9 Å². The molecule has 0 bridgehead atoms. The SMILES string of the molecule is NC(=O)c1cc(OCc2ccc(S(N)(=O)=O)cc2)c2sc(C(F)(F)P(=O)(O)O)c(Br)c2c1. The number of primary amides is 1. The Balaban J connectivity index is 2.07. The van der Waals surface area contributed by atoms with Crippen molar-refractivity contribution in [2.45, 2.75) is 17.2 Å². The number of benzene rings is 2. The van der Waals surface area contributed by atoms with Gasteiger partial charge in [0.25, 0.3) is 0 Å². The fourth-order valence-electron chi connectivity index (χ4n) is 2.65. The number of ether oxygens (including phenoxy) is 1. The molecule has 172 valence electrons. The third-order valence-corrected chi connectivity index (χ3v) is 8.68. The number of carbonyl (C=O) groups excluding carboxylic acids is 1. The highest BCUT2D eigenvalue weighted by atomic mass is 79.9. The van der Waals surface area contributed by atoms with Crippen molar-refractivity contribution in [2.75, 3.05) is 0 Å². The average Bonchev–Trinajstić information content (AvgIpc) is 3.02. The van der Waals surface area contributed by atoms with Crippen LogP contribution in [0.3, 0.4) is 0 Å². The van der Waals surface area contributed by atoms with Crippen molar-refractivity contribution in [1.82, 2.24) is 0 Å². The normalized spacial score (nSPS) is 12.8. The summed E-state index contributed by atoms with van der Waals surface area (Å²) >= 11 is 3.31. The predicted molar refractivity (Wildman–Crippen MR) is 116 cm³/mol. The largest absolute Gasteiger partial charge is 0.487 e. The molecule has 1 aromatic heterocycles. The van der Waals surface area contributed by atoms with E-state index in [4.69, 9.17) is 25.4 Å². The van der Waals surface area contributed by atoms with Crippen molar-refractivity contribution in [3.8, 4) is 5.75 Å². The summed E-state index contributed by atoms with van der Waals surface area (Å²) in [4.78, 5) is 28.8. The van der Waals surface area contributed by atoms with Gasteiger partial charge in [-0.25, -0.2) is 13.6 Å². The Morgan fingerprint density at radius 1 is 1.22 bits per heavy atom. The van der Waals surface area contributed by atoms with E-state index in [9.17, 15) is 26.6 Å². The molecule has 6 N–H and O–H groups in total. The zero-order valence-corrected chi connectivity index (χ0v) is 19.8. The van der Waals surface area contributed by atoms with Gasteiger partial charge < -0.3 is 20.3 Å². The van der Waals surface area contributed by atoms with Crippen LogP contribution in [0.2, 0.25) is 0 Å². The van der Waals surface area contributed by atoms with Crippen LogP contribution in [0.25, 0.3) is 10.1 Å². The van der Waals surface area contributed by atoms with E-state index in [1.54, 1.807) is 0 Å². The molecular weight excluding hydrogens is 557 g/mol. The molecule has 0 atom stereocenters. The van der Waals surface area contributed by atoms with E-state index in [2.05, 4.69) is 15.9 Å². The summed E-state index contributed by atoms with van der Waals surface area (Å²) in [6.45, 7) is -0.151. The monoisotopic (exact) mass is 570 g/mol. The van der Waals surface area contributed by atoms with Crippen molar-refractivity contribution < 1.29 is 41.1 Å². The minimum Gasteiger partial charge on any atom is -0.487 e. The molecule has 0 fully saturated rings. The topological polar surface area (TPSA) is 170 Å². The molecule has 1 heterocycles. The molecule has 0 radical (unpaired) electrons. The second-order valence-corrected chi connectivity index (χ2v) is 11.5. The smallest absolute Gasteiger partial charge is 0.400 e. The van der Waals surface area contributed by atoms with E-state index in [1.165, 1.54) is 36.4 Å². The van der Waals surface area contributed by atoms with Gasteiger partial charge in [-0.2, -0.15) is 8.78 Å². The lowest BCUT2D eigenvalue weighted by atomic mass is 10.1. The first-order valence-corrected chi connectivity index (χ1v) is 13.1. The summed E-state index contributed by atoms with van der Waals surface area (Å²) in [5.74, 6) is -0.916. The fraction of sp³-hybridized carbons (Fsp3) is 0.118. The Kier molecular flexibility index (Phi) is 6.52. The van der Waals surface area contributed by atoms with Crippen LogP contribution in [-0.4, -0.2) is 24.1 Å². The van der Waals surface area contributed by atoms with Crippen LogP contribution in [0.4, 0.5) is 8.78 Å². The number of amides is 1. The molecule has 0 spiro atoms. The Labute approximate surface area is 192 Å². The molecule has 3 aromatic rings. The maximum atomic E-state index is 14.4. The lowest BCUT2D eigenvalue weighted by molar-refractivity contribution is 0.0595. The molecule has 0 aliphatic carbocycles. The van der Waals surface area contributed by atoms with E-state index in [0.717, 1.165) is 0 Å². The number of fused-ring (bicyclic) bond motifs is 1. The summed E-state index contributed by atoms with van der Waals surface area (Å²) in [5, 5.41) is 5.09. The Bertz CT molecular complexity index is 1370. The van der Waals surface area contributed by atoms with E-state index < -0.39 is 34.1 Å².